The summed E-state index contributed by atoms with van der Waals surface area (Å²) in [5.74, 6) is 0. The van der Waals surface area contributed by atoms with Gasteiger partial charge in [0.05, 0.1) is 12.2 Å². The summed E-state index contributed by atoms with van der Waals surface area (Å²) in [7, 11) is -3.72. The molecule has 0 unspecified atom stereocenters. The Balaban J connectivity index is 2.08. The van der Waals surface area contributed by atoms with E-state index in [1.807, 2.05) is 42.5 Å². The molecular formula is C18H15BrN2O2S. The first-order valence-electron chi connectivity index (χ1n) is 7.29. The second-order valence-electron chi connectivity index (χ2n) is 5.17. The Hall–Kier alpha value is -2.18. The molecular weight excluding hydrogens is 388 g/mol. The Bertz CT molecular complexity index is 916. The Morgan fingerprint density at radius 2 is 1.75 bits per heavy atom. The lowest BCUT2D eigenvalue weighted by Crippen LogP contribution is -2.30. The van der Waals surface area contributed by atoms with E-state index in [0.717, 1.165) is 10.0 Å². The molecule has 1 aromatic heterocycles. The van der Waals surface area contributed by atoms with Crippen molar-refractivity contribution in [3.05, 3.63) is 89.2 Å². The van der Waals surface area contributed by atoms with E-state index in [4.69, 9.17) is 0 Å². The van der Waals surface area contributed by atoms with Crippen molar-refractivity contribution >= 4 is 31.6 Å². The minimum Gasteiger partial charge on any atom is -0.263 e. The molecule has 0 amide bonds. The maximum atomic E-state index is 13.1. The van der Waals surface area contributed by atoms with E-state index in [1.165, 1.54) is 10.5 Å². The molecule has 0 N–H and O–H groups in total. The summed E-state index contributed by atoms with van der Waals surface area (Å²) in [5, 5.41) is 0. The average molecular weight is 403 g/mol. The van der Waals surface area contributed by atoms with Crippen molar-refractivity contribution in [2.45, 2.75) is 11.4 Å². The quantitative estimate of drug-likeness (QED) is 0.641. The highest BCUT2D eigenvalue weighted by atomic mass is 79.9. The Morgan fingerprint density at radius 1 is 0.958 bits per heavy atom. The van der Waals surface area contributed by atoms with Crippen molar-refractivity contribution < 1.29 is 8.42 Å². The van der Waals surface area contributed by atoms with Crippen molar-refractivity contribution in [1.29, 1.82) is 0 Å². The molecule has 3 aromatic rings. The van der Waals surface area contributed by atoms with Crippen LogP contribution in [0.25, 0.3) is 0 Å². The monoisotopic (exact) mass is 402 g/mol. The molecule has 24 heavy (non-hydrogen) atoms. The summed E-state index contributed by atoms with van der Waals surface area (Å²) in [5.41, 5.74) is 1.50. The highest BCUT2D eigenvalue weighted by molar-refractivity contribution is 9.10. The molecule has 2 aromatic carbocycles. The van der Waals surface area contributed by atoms with Crippen LogP contribution in [0.4, 0.5) is 5.69 Å². The van der Waals surface area contributed by atoms with Crippen LogP contribution in [0, 0.1) is 0 Å². The summed E-state index contributed by atoms with van der Waals surface area (Å²) >= 11 is 3.41. The summed E-state index contributed by atoms with van der Waals surface area (Å²) < 4.78 is 28.5. The minimum absolute atomic E-state index is 0.168. The van der Waals surface area contributed by atoms with Gasteiger partial charge in [0, 0.05) is 16.9 Å². The molecule has 0 fully saturated rings. The van der Waals surface area contributed by atoms with Gasteiger partial charge >= 0.3 is 0 Å². The first kappa shape index (κ1) is 16.7. The van der Waals surface area contributed by atoms with Gasteiger partial charge in [-0.05, 0) is 35.9 Å². The normalized spacial score (nSPS) is 11.2. The van der Waals surface area contributed by atoms with E-state index < -0.39 is 10.0 Å². The molecule has 4 nitrogen and oxygen atoms in total. The van der Waals surface area contributed by atoms with Gasteiger partial charge in [0.25, 0.3) is 10.0 Å². The van der Waals surface area contributed by atoms with Crippen molar-refractivity contribution in [3.63, 3.8) is 0 Å². The van der Waals surface area contributed by atoms with Crippen LogP contribution in [-0.2, 0) is 16.6 Å². The average Bonchev–Trinajstić information content (AvgIpc) is 2.61. The van der Waals surface area contributed by atoms with Gasteiger partial charge in [0.2, 0.25) is 0 Å². The molecule has 0 bridgehead atoms. The minimum atomic E-state index is -3.72. The summed E-state index contributed by atoms with van der Waals surface area (Å²) in [4.78, 5) is 4.10. The number of hydrogen-bond acceptors (Lipinski definition) is 3. The van der Waals surface area contributed by atoms with Crippen LogP contribution in [0.2, 0.25) is 0 Å². The van der Waals surface area contributed by atoms with Crippen LogP contribution in [0.15, 0.2) is 88.5 Å². The topological polar surface area (TPSA) is 50.3 Å². The van der Waals surface area contributed by atoms with Gasteiger partial charge in [-0.3, -0.25) is 9.29 Å². The van der Waals surface area contributed by atoms with E-state index in [1.54, 1.807) is 30.5 Å². The first-order chi connectivity index (χ1) is 11.6. The third kappa shape index (κ3) is 3.66. The van der Waals surface area contributed by atoms with Crippen LogP contribution >= 0.6 is 15.9 Å². The predicted molar refractivity (Wildman–Crippen MR) is 98.2 cm³/mol. The second kappa shape index (κ2) is 7.15. The molecule has 1 heterocycles. The number of halogens is 1. The number of aromatic nitrogens is 1. The first-order valence-corrected chi connectivity index (χ1v) is 9.53. The van der Waals surface area contributed by atoms with E-state index >= 15 is 0 Å². The Labute approximate surface area is 150 Å². The fraction of sp³-hybridized carbons (Fsp3) is 0.0556. The number of benzene rings is 2. The molecule has 6 heteroatoms. The lowest BCUT2D eigenvalue weighted by atomic mass is 10.2. The van der Waals surface area contributed by atoms with Crippen molar-refractivity contribution in [2.24, 2.45) is 0 Å². The largest absolute Gasteiger partial charge is 0.266 e. The molecule has 0 atom stereocenters. The van der Waals surface area contributed by atoms with Crippen LogP contribution in [-0.4, -0.2) is 13.4 Å². The van der Waals surface area contributed by atoms with Gasteiger partial charge in [-0.25, -0.2) is 8.42 Å². The zero-order valence-corrected chi connectivity index (χ0v) is 15.1. The van der Waals surface area contributed by atoms with Crippen LogP contribution < -0.4 is 4.31 Å². The number of rotatable bonds is 5. The number of sulfonamides is 1. The van der Waals surface area contributed by atoms with E-state index in [-0.39, 0.29) is 11.4 Å². The Morgan fingerprint density at radius 3 is 2.42 bits per heavy atom. The number of pyridine rings is 1. The lowest BCUT2D eigenvalue weighted by Gasteiger charge is -2.24. The molecule has 0 aliphatic carbocycles. The van der Waals surface area contributed by atoms with Gasteiger partial charge in [-0.2, -0.15) is 0 Å². The summed E-state index contributed by atoms with van der Waals surface area (Å²) in [6, 6.07) is 19.9. The standard InChI is InChI=1S/C18H15BrN2O2S/c19-16-8-4-9-17(12-16)21(14-15-6-2-1-3-7-15)24(22,23)18-10-5-11-20-13-18/h1-13H,14H2. The third-order valence-corrected chi connectivity index (χ3v) is 5.74. The van der Waals surface area contributed by atoms with Crippen molar-refractivity contribution in [1.82, 2.24) is 4.98 Å². The maximum Gasteiger partial charge on any atom is 0.266 e. The second-order valence-corrected chi connectivity index (χ2v) is 7.94. The van der Waals surface area contributed by atoms with E-state index in [0.29, 0.717) is 5.69 Å². The lowest BCUT2D eigenvalue weighted by molar-refractivity contribution is 0.590. The summed E-state index contributed by atoms with van der Waals surface area (Å²) in [6.45, 7) is 0.245. The van der Waals surface area contributed by atoms with Crippen molar-refractivity contribution in [2.75, 3.05) is 4.31 Å². The van der Waals surface area contributed by atoms with Gasteiger partial charge in [0.15, 0.2) is 0 Å². The van der Waals surface area contributed by atoms with E-state index in [2.05, 4.69) is 20.9 Å². The highest BCUT2D eigenvalue weighted by Gasteiger charge is 2.25. The Kier molecular flexibility index (Phi) is 4.97. The fourth-order valence-corrected chi connectivity index (χ4v) is 4.12. The fourth-order valence-electron chi connectivity index (χ4n) is 2.32. The molecule has 0 saturated heterocycles. The number of anilines is 1. The van der Waals surface area contributed by atoms with Gasteiger partial charge in [-0.15, -0.1) is 0 Å². The van der Waals surface area contributed by atoms with Crippen LogP contribution in [0.3, 0.4) is 0 Å². The molecule has 0 spiro atoms. The van der Waals surface area contributed by atoms with Crippen molar-refractivity contribution in [3.8, 4) is 0 Å². The summed E-state index contributed by atoms with van der Waals surface area (Å²) in [6.07, 6.45) is 2.92. The predicted octanol–water partition coefficient (Wildman–Crippen LogP) is 4.24. The molecule has 0 aliphatic heterocycles. The van der Waals surface area contributed by atoms with Gasteiger partial charge < -0.3 is 0 Å². The third-order valence-electron chi connectivity index (χ3n) is 3.49. The number of hydrogen-bond donors (Lipinski definition) is 0. The van der Waals surface area contributed by atoms with Crippen LogP contribution in [0.5, 0.6) is 0 Å². The molecule has 0 aliphatic rings. The van der Waals surface area contributed by atoms with E-state index in [9.17, 15) is 8.42 Å². The van der Waals surface area contributed by atoms with Gasteiger partial charge in [-0.1, -0.05) is 52.3 Å². The molecule has 0 saturated carbocycles. The zero-order valence-electron chi connectivity index (χ0n) is 12.7. The molecule has 3 rings (SSSR count). The maximum absolute atomic E-state index is 13.1. The zero-order chi connectivity index (χ0) is 17.0. The highest BCUT2D eigenvalue weighted by Crippen LogP contribution is 2.27. The SMILES string of the molecule is O=S(=O)(c1cccnc1)N(Cc1ccccc1)c1cccc(Br)c1. The molecule has 0 radical (unpaired) electrons. The van der Waals surface area contributed by atoms with Crippen LogP contribution in [0.1, 0.15) is 5.56 Å². The smallest absolute Gasteiger partial charge is 0.263 e. The van der Waals surface area contributed by atoms with Gasteiger partial charge in [0.1, 0.15) is 4.90 Å². The number of nitrogens with zero attached hydrogens (tertiary/aromatic N) is 2. The molecule has 122 valence electrons.